The summed E-state index contributed by atoms with van der Waals surface area (Å²) >= 11 is 0. The molecule has 0 fully saturated rings. The van der Waals surface area contributed by atoms with Crippen LogP contribution in [-0.2, 0) is 6.61 Å². The van der Waals surface area contributed by atoms with Crippen molar-refractivity contribution in [2.75, 3.05) is 12.3 Å². The quantitative estimate of drug-likeness (QED) is 0.806. The Morgan fingerprint density at radius 1 is 1.27 bits per heavy atom. The number of benzene rings is 2. The number of amides is 1. The second-order valence-electron chi connectivity index (χ2n) is 4.93. The van der Waals surface area contributed by atoms with E-state index < -0.39 is 0 Å². The monoisotopic (exact) mass is 302 g/mol. The molecule has 5 heteroatoms. The Balaban J connectivity index is 2.08. The smallest absolute Gasteiger partial charge is 0.251 e. The predicted molar refractivity (Wildman–Crippen MR) is 84.2 cm³/mol. The SMILES string of the molecule is CCCNC(=O)c1ccc(N)c(OCc2cccc(F)c2)c1. The molecule has 0 aliphatic heterocycles. The summed E-state index contributed by atoms with van der Waals surface area (Å²) in [5, 5.41) is 2.79. The van der Waals surface area contributed by atoms with E-state index in [4.69, 9.17) is 10.5 Å². The van der Waals surface area contributed by atoms with E-state index in [0.717, 1.165) is 6.42 Å². The van der Waals surface area contributed by atoms with Crippen LogP contribution in [-0.4, -0.2) is 12.5 Å². The van der Waals surface area contributed by atoms with Gasteiger partial charge in [-0.05, 0) is 42.3 Å². The maximum Gasteiger partial charge on any atom is 0.251 e. The van der Waals surface area contributed by atoms with Crippen LogP contribution in [0.15, 0.2) is 42.5 Å². The number of carbonyl (C=O) groups is 1. The Kier molecular flexibility index (Phi) is 5.36. The first-order valence-corrected chi connectivity index (χ1v) is 7.15. The van der Waals surface area contributed by atoms with Crippen molar-refractivity contribution in [2.24, 2.45) is 0 Å². The number of nitrogens with one attached hydrogen (secondary N) is 1. The molecule has 1 amide bonds. The molecule has 4 nitrogen and oxygen atoms in total. The van der Waals surface area contributed by atoms with Gasteiger partial charge in [-0.3, -0.25) is 4.79 Å². The molecule has 0 heterocycles. The number of rotatable bonds is 6. The van der Waals surface area contributed by atoms with Crippen molar-refractivity contribution < 1.29 is 13.9 Å². The topological polar surface area (TPSA) is 64.4 Å². The van der Waals surface area contributed by atoms with E-state index in [-0.39, 0.29) is 18.3 Å². The highest BCUT2D eigenvalue weighted by Gasteiger charge is 2.09. The van der Waals surface area contributed by atoms with Crippen LogP contribution < -0.4 is 15.8 Å². The average Bonchev–Trinajstić information content (AvgIpc) is 2.52. The average molecular weight is 302 g/mol. The molecule has 0 spiro atoms. The molecule has 116 valence electrons. The fourth-order valence-corrected chi connectivity index (χ4v) is 1.93. The number of nitrogen functional groups attached to an aromatic ring is 1. The normalized spacial score (nSPS) is 10.3. The summed E-state index contributed by atoms with van der Waals surface area (Å²) in [7, 11) is 0. The third-order valence-corrected chi connectivity index (χ3v) is 3.09. The van der Waals surface area contributed by atoms with Gasteiger partial charge in [0, 0.05) is 12.1 Å². The molecule has 0 unspecified atom stereocenters. The molecule has 0 saturated carbocycles. The number of hydrogen-bond acceptors (Lipinski definition) is 3. The molecule has 0 atom stereocenters. The minimum absolute atomic E-state index is 0.169. The zero-order valence-corrected chi connectivity index (χ0v) is 12.4. The molecule has 0 aliphatic rings. The Bertz CT molecular complexity index is 659. The molecule has 0 aliphatic carbocycles. The molecule has 0 saturated heterocycles. The summed E-state index contributed by atoms with van der Waals surface area (Å²) in [5.41, 5.74) is 7.46. The van der Waals surface area contributed by atoms with Gasteiger partial charge in [-0.15, -0.1) is 0 Å². The van der Waals surface area contributed by atoms with Crippen LogP contribution in [0.3, 0.4) is 0 Å². The highest BCUT2D eigenvalue weighted by atomic mass is 19.1. The number of ether oxygens (including phenoxy) is 1. The first-order chi connectivity index (χ1) is 10.6. The van der Waals surface area contributed by atoms with Crippen LogP contribution in [0.4, 0.5) is 10.1 Å². The summed E-state index contributed by atoms with van der Waals surface area (Å²) < 4.78 is 18.7. The summed E-state index contributed by atoms with van der Waals surface area (Å²) in [6.45, 7) is 2.78. The molecule has 22 heavy (non-hydrogen) atoms. The third kappa shape index (κ3) is 4.22. The fraction of sp³-hybridized carbons (Fsp3) is 0.235. The predicted octanol–water partition coefficient (Wildman–Crippen LogP) is 3.13. The minimum Gasteiger partial charge on any atom is -0.487 e. The standard InChI is InChI=1S/C17H19FN2O2/c1-2-8-20-17(21)13-6-7-15(19)16(10-13)22-11-12-4-3-5-14(18)9-12/h3-7,9-10H,2,8,11,19H2,1H3,(H,20,21). The lowest BCUT2D eigenvalue weighted by Gasteiger charge is -2.11. The van der Waals surface area contributed by atoms with Crippen molar-refractivity contribution in [3.8, 4) is 5.75 Å². The van der Waals surface area contributed by atoms with Gasteiger partial charge >= 0.3 is 0 Å². The molecular weight excluding hydrogens is 283 g/mol. The van der Waals surface area contributed by atoms with E-state index in [1.54, 1.807) is 30.3 Å². The van der Waals surface area contributed by atoms with E-state index in [2.05, 4.69) is 5.32 Å². The summed E-state index contributed by atoms with van der Waals surface area (Å²) in [4.78, 5) is 11.9. The highest BCUT2D eigenvalue weighted by molar-refractivity contribution is 5.95. The lowest BCUT2D eigenvalue weighted by atomic mass is 10.1. The second-order valence-corrected chi connectivity index (χ2v) is 4.93. The number of nitrogens with two attached hydrogens (primary N) is 1. The lowest BCUT2D eigenvalue weighted by molar-refractivity contribution is 0.0953. The molecule has 2 aromatic carbocycles. The van der Waals surface area contributed by atoms with Crippen molar-refractivity contribution in [3.63, 3.8) is 0 Å². The van der Waals surface area contributed by atoms with Gasteiger partial charge < -0.3 is 15.8 Å². The number of anilines is 1. The molecule has 3 N–H and O–H groups in total. The van der Waals surface area contributed by atoms with Crippen molar-refractivity contribution in [3.05, 3.63) is 59.4 Å². The Hall–Kier alpha value is -2.56. The second kappa shape index (κ2) is 7.45. The number of carbonyl (C=O) groups excluding carboxylic acids is 1. The van der Waals surface area contributed by atoms with Crippen LogP contribution >= 0.6 is 0 Å². The third-order valence-electron chi connectivity index (χ3n) is 3.09. The highest BCUT2D eigenvalue weighted by Crippen LogP contribution is 2.24. The molecule has 0 aromatic heterocycles. The van der Waals surface area contributed by atoms with E-state index in [1.807, 2.05) is 6.92 Å². The molecule has 2 rings (SSSR count). The summed E-state index contributed by atoms with van der Waals surface area (Å²) in [5.74, 6) is -0.0763. The van der Waals surface area contributed by atoms with Crippen LogP contribution in [0.1, 0.15) is 29.3 Å². The van der Waals surface area contributed by atoms with E-state index >= 15 is 0 Å². The first kappa shape index (κ1) is 15.8. The van der Waals surface area contributed by atoms with Crippen molar-refractivity contribution in [1.29, 1.82) is 0 Å². The van der Waals surface area contributed by atoms with Crippen LogP contribution in [0.5, 0.6) is 5.75 Å². The molecule has 2 aromatic rings. The molecule has 0 radical (unpaired) electrons. The van der Waals surface area contributed by atoms with Gasteiger partial charge in [0.1, 0.15) is 18.2 Å². The van der Waals surface area contributed by atoms with E-state index in [0.29, 0.717) is 29.1 Å². The zero-order chi connectivity index (χ0) is 15.9. The Morgan fingerprint density at radius 2 is 2.09 bits per heavy atom. The maximum absolute atomic E-state index is 13.1. The lowest BCUT2D eigenvalue weighted by Crippen LogP contribution is -2.24. The van der Waals surface area contributed by atoms with Gasteiger partial charge in [-0.2, -0.15) is 0 Å². The van der Waals surface area contributed by atoms with Gasteiger partial charge in [-0.1, -0.05) is 19.1 Å². The van der Waals surface area contributed by atoms with Gasteiger partial charge in [0.15, 0.2) is 0 Å². The number of hydrogen-bond donors (Lipinski definition) is 2. The minimum atomic E-state index is -0.318. The first-order valence-electron chi connectivity index (χ1n) is 7.15. The van der Waals surface area contributed by atoms with Crippen LogP contribution in [0.25, 0.3) is 0 Å². The van der Waals surface area contributed by atoms with Gasteiger partial charge in [0.25, 0.3) is 5.91 Å². The Morgan fingerprint density at radius 3 is 2.82 bits per heavy atom. The van der Waals surface area contributed by atoms with Crippen molar-refractivity contribution in [2.45, 2.75) is 20.0 Å². The van der Waals surface area contributed by atoms with Crippen LogP contribution in [0.2, 0.25) is 0 Å². The van der Waals surface area contributed by atoms with Gasteiger partial charge in [0.2, 0.25) is 0 Å². The van der Waals surface area contributed by atoms with Gasteiger partial charge in [-0.25, -0.2) is 4.39 Å². The van der Waals surface area contributed by atoms with Gasteiger partial charge in [0.05, 0.1) is 5.69 Å². The van der Waals surface area contributed by atoms with Crippen LogP contribution in [0, 0.1) is 5.82 Å². The Labute approximate surface area is 129 Å². The van der Waals surface area contributed by atoms with Crippen molar-refractivity contribution >= 4 is 11.6 Å². The van der Waals surface area contributed by atoms with E-state index in [1.165, 1.54) is 12.1 Å². The molecule has 0 bridgehead atoms. The van der Waals surface area contributed by atoms with E-state index in [9.17, 15) is 9.18 Å². The number of halogens is 1. The summed E-state index contributed by atoms with van der Waals surface area (Å²) in [6.07, 6.45) is 0.865. The van der Waals surface area contributed by atoms with Crippen molar-refractivity contribution in [1.82, 2.24) is 5.32 Å². The maximum atomic E-state index is 13.1. The zero-order valence-electron chi connectivity index (χ0n) is 12.4. The fourth-order valence-electron chi connectivity index (χ4n) is 1.93. The largest absolute Gasteiger partial charge is 0.487 e. The molecular formula is C17H19FN2O2. The summed E-state index contributed by atoms with van der Waals surface area (Å²) in [6, 6.07) is 11.0.